The Labute approximate surface area is 137 Å². The van der Waals surface area contributed by atoms with Crippen molar-refractivity contribution in [3.8, 4) is 11.1 Å². The average Bonchev–Trinajstić information content (AvgIpc) is 2.96. The van der Waals surface area contributed by atoms with Crippen LogP contribution in [0, 0.1) is 10.8 Å². The predicted molar refractivity (Wildman–Crippen MR) is 94.4 cm³/mol. The van der Waals surface area contributed by atoms with E-state index in [1.165, 1.54) is 11.3 Å². The molecule has 0 fully saturated rings. The molecule has 23 heavy (non-hydrogen) atoms. The van der Waals surface area contributed by atoms with E-state index in [4.69, 9.17) is 21.3 Å². The van der Waals surface area contributed by atoms with Gasteiger partial charge in [-0.05, 0) is 23.3 Å². The Morgan fingerprint density at radius 2 is 1.83 bits per heavy atom. The largest absolute Gasteiger partial charge is 0.428 e. The number of hydrogen-bond donors (Lipinski definition) is 3. The molecule has 6 heteroatoms. The molecule has 0 bridgehead atoms. The Bertz CT molecular complexity index is 857. The van der Waals surface area contributed by atoms with Gasteiger partial charge in [-0.15, -0.1) is 11.3 Å². The van der Waals surface area contributed by atoms with Gasteiger partial charge in [0.05, 0.1) is 23.2 Å². The standard InChI is InChI=1S/C17H16N4OS/c18-10-16(20)22-15(19)9-17-21-13-7-6-12(8-14(13)23-17)11-4-2-1-3-5-11/h1-8,19-20H,9-10,18H2. The molecule has 0 amide bonds. The molecular formula is C17H16N4OS. The van der Waals surface area contributed by atoms with Gasteiger partial charge in [-0.2, -0.15) is 0 Å². The molecule has 0 atom stereocenters. The van der Waals surface area contributed by atoms with Crippen molar-refractivity contribution < 1.29 is 4.74 Å². The van der Waals surface area contributed by atoms with Crippen molar-refractivity contribution in [3.63, 3.8) is 0 Å². The van der Waals surface area contributed by atoms with Gasteiger partial charge in [-0.1, -0.05) is 36.4 Å². The van der Waals surface area contributed by atoms with E-state index in [0.717, 1.165) is 26.4 Å². The first-order valence-electron chi connectivity index (χ1n) is 7.13. The summed E-state index contributed by atoms with van der Waals surface area (Å²) in [5.74, 6) is -0.120. The van der Waals surface area contributed by atoms with Crippen molar-refractivity contribution in [2.75, 3.05) is 6.54 Å². The lowest BCUT2D eigenvalue weighted by molar-refractivity contribution is 0.511. The van der Waals surface area contributed by atoms with E-state index in [0.29, 0.717) is 0 Å². The highest BCUT2D eigenvalue weighted by Crippen LogP contribution is 2.28. The summed E-state index contributed by atoms with van der Waals surface area (Å²) in [5.41, 5.74) is 8.50. The van der Waals surface area contributed by atoms with Crippen LogP contribution in [0.25, 0.3) is 21.3 Å². The first-order chi connectivity index (χ1) is 11.2. The third-order valence-electron chi connectivity index (χ3n) is 3.28. The second kappa shape index (κ2) is 6.68. The molecule has 3 aromatic rings. The fourth-order valence-corrected chi connectivity index (χ4v) is 3.23. The average molecular weight is 324 g/mol. The van der Waals surface area contributed by atoms with Gasteiger partial charge in [0.15, 0.2) is 5.90 Å². The number of nitrogens with zero attached hydrogens (tertiary/aromatic N) is 1. The van der Waals surface area contributed by atoms with Crippen molar-refractivity contribution in [3.05, 3.63) is 53.5 Å². The first-order valence-corrected chi connectivity index (χ1v) is 7.95. The molecular weight excluding hydrogens is 308 g/mol. The summed E-state index contributed by atoms with van der Waals surface area (Å²) in [5, 5.41) is 15.9. The summed E-state index contributed by atoms with van der Waals surface area (Å²) in [7, 11) is 0. The normalized spacial score (nSPS) is 10.7. The Balaban J connectivity index is 1.82. The molecule has 1 heterocycles. The van der Waals surface area contributed by atoms with E-state index in [1.54, 1.807) is 0 Å². The Morgan fingerprint density at radius 1 is 1.04 bits per heavy atom. The van der Waals surface area contributed by atoms with Gasteiger partial charge in [-0.3, -0.25) is 10.8 Å². The molecule has 0 aliphatic rings. The van der Waals surface area contributed by atoms with Crippen LogP contribution in [-0.4, -0.2) is 23.3 Å². The van der Waals surface area contributed by atoms with Gasteiger partial charge in [-0.25, -0.2) is 4.98 Å². The SMILES string of the molecule is N=C(CN)OC(=N)Cc1nc2ccc(-c3ccccc3)cc2s1. The van der Waals surface area contributed by atoms with Crippen molar-refractivity contribution in [2.24, 2.45) is 5.73 Å². The lowest BCUT2D eigenvalue weighted by Gasteiger charge is -2.03. The fourth-order valence-electron chi connectivity index (χ4n) is 2.22. The van der Waals surface area contributed by atoms with E-state index in [1.807, 2.05) is 30.3 Å². The van der Waals surface area contributed by atoms with Crippen LogP contribution in [0.2, 0.25) is 0 Å². The first kappa shape index (κ1) is 15.3. The number of rotatable bonds is 4. The zero-order valence-electron chi connectivity index (χ0n) is 12.4. The number of fused-ring (bicyclic) bond motifs is 1. The van der Waals surface area contributed by atoms with Gasteiger partial charge in [0, 0.05) is 0 Å². The monoisotopic (exact) mass is 324 g/mol. The van der Waals surface area contributed by atoms with Crippen LogP contribution in [0.3, 0.4) is 0 Å². The van der Waals surface area contributed by atoms with Gasteiger partial charge in [0.2, 0.25) is 5.90 Å². The Kier molecular flexibility index (Phi) is 4.45. The number of aromatic nitrogens is 1. The highest BCUT2D eigenvalue weighted by atomic mass is 32.1. The summed E-state index contributed by atoms with van der Waals surface area (Å²) >= 11 is 1.54. The second-order valence-electron chi connectivity index (χ2n) is 4.99. The molecule has 2 aromatic carbocycles. The van der Waals surface area contributed by atoms with Crippen molar-refractivity contribution in [1.29, 1.82) is 10.8 Å². The molecule has 1 aromatic heterocycles. The number of nitrogens with one attached hydrogen (secondary N) is 2. The third-order valence-corrected chi connectivity index (χ3v) is 4.30. The third kappa shape index (κ3) is 3.61. The molecule has 0 spiro atoms. The van der Waals surface area contributed by atoms with Crippen LogP contribution in [0.15, 0.2) is 48.5 Å². The minimum atomic E-state index is -0.109. The van der Waals surface area contributed by atoms with Crippen molar-refractivity contribution in [2.45, 2.75) is 6.42 Å². The van der Waals surface area contributed by atoms with E-state index in [-0.39, 0.29) is 24.8 Å². The van der Waals surface area contributed by atoms with E-state index in [2.05, 4.69) is 23.2 Å². The summed E-state index contributed by atoms with van der Waals surface area (Å²) in [6, 6.07) is 16.3. The zero-order chi connectivity index (χ0) is 16.2. The van der Waals surface area contributed by atoms with Gasteiger partial charge in [0.1, 0.15) is 5.01 Å². The van der Waals surface area contributed by atoms with Crippen LogP contribution in [0.5, 0.6) is 0 Å². The summed E-state index contributed by atoms with van der Waals surface area (Å²) < 4.78 is 6.07. The lowest BCUT2D eigenvalue weighted by atomic mass is 10.1. The highest BCUT2D eigenvalue weighted by molar-refractivity contribution is 7.18. The maximum Gasteiger partial charge on any atom is 0.202 e. The van der Waals surface area contributed by atoms with Crippen LogP contribution in [0.4, 0.5) is 0 Å². The molecule has 4 N–H and O–H groups in total. The van der Waals surface area contributed by atoms with E-state index in [9.17, 15) is 0 Å². The van der Waals surface area contributed by atoms with Gasteiger partial charge < -0.3 is 10.5 Å². The minimum absolute atomic E-state index is 0.0112. The number of nitrogens with two attached hydrogens (primary N) is 1. The van der Waals surface area contributed by atoms with Gasteiger partial charge in [0.25, 0.3) is 0 Å². The Hall–Kier alpha value is -2.57. The lowest BCUT2D eigenvalue weighted by Crippen LogP contribution is -2.20. The molecule has 5 nitrogen and oxygen atoms in total. The molecule has 0 aliphatic heterocycles. The molecule has 0 saturated heterocycles. The number of hydrogen-bond acceptors (Lipinski definition) is 6. The van der Waals surface area contributed by atoms with Crippen LogP contribution < -0.4 is 5.73 Å². The maximum absolute atomic E-state index is 7.76. The summed E-state index contributed by atoms with van der Waals surface area (Å²) in [6.07, 6.45) is 0.266. The van der Waals surface area contributed by atoms with E-state index >= 15 is 0 Å². The predicted octanol–water partition coefficient (Wildman–Crippen LogP) is 3.44. The smallest absolute Gasteiger partial charge is 0.202 e. The highest BCUT2D eigenvalue weighted by Gasteiger charge is 2.10. The van der Waals surface area contributed by atoms with Crippen LogP contribution in [-0.2, 0) is 11.2 Å². The van der Waals surface area contributed by atoms with Crippen molar-refractivity contribution >= 4 is 33.3 Å². The number of benzene rings is 2. The summed E-state index contributed by atoms with van der Waals surface area (Å²) in [4.78, 5) is 4.52. The van der Waals surface area contributed by atoms with Crippen LogP contribution in [0.1, 0.15) is 5.01 Å². The minimum Gasteiger partial charge on any atom is -0.428 e. The molecule has 0 aliphatic carbocycles. The Morgan fingerprint density at radius 3 is 2.57 bits per heavy atom. The van der Waals surface area contributed by atoms with Crippen LogP contribution >= 0.6 is 11.3 Å². The molecule has 0 radical (unpaired) electrons. The quantitative estimate of drug-likeness (QED) is 0.506. The fraction of sp³-hybridized carbons (Fsp3) is 0.118. The zero-order valence-corrected chi connectivity index (χ0v) is 13.2. The molecule has 3 rings (SSSR count). The van der Waals surface area contributed by atoms with E-state index < -0.39 is 0 Å². The summed E-state index contributed by atoms with van der Waals surface area (Å²) in [6.45, 7) is -0.0112. The second-order valence-corrected chi connectivity index (χ2v) is 6.10. The molecule has 116 valence electrons. The number of thiazole rings is 1. The maximum atomic E-state index is 7.76. The molecule has 0 unspecified atom stereocenters. The van der Waals surface area contributed by atoms with Crippen molar-refractivity contribution in [1.82, 2.24) is 4.98 Å². The number of ether oxygens (including phenoxy) is 1. The van der Waals surface area contributed by atoms with Gasteiger partial charge >= 0.3 is 0 Å². The topological polar surface area (TPSA) is 95.8 Å². The molecule has 0 saturated carbocycles.